The van der Waals surface area contributed by atoms with Gasteiger partial charge in [0.2, 0.25) is 11.8 Å². The summed E-state index contributed by atoms with van der Waals surface area (Å²) < 4.78 is 0. The fourth-order valence-corrected chi connectivity index (χ4v) is 2.27. The molecule has 2 atom stereocenters. The van der Waals surface area contributed by atoms with Gasteiger partial charge in [-0.1, -0.05) is 27.7 Å². The summed E-state index contributed by atoms with van der Waals surface area (Å²) in [6.45, 7) is 7.92. The molecule has 0 aromatic carbocycles. The van der Waals surface area contributed by atoms with Crippen molar-refractivity contribution >= 4 is 11.8 Å². The van der Waals surface area contributed by atoms with E-state index in [1.807, 2.05) is 13.8 Å². The fourth-order valence-electron chi connectivity index (χ4n) is 2.27. The standard InChI is InChI=1S/C13H23NO3/c1-5-13(6-2,8-15)7-14-11(16)9(3)10(4)12(14)17/h9-10,15H,5-8H2,1-4H3. The number of hydrogen-bond donors (Lipinski definition) is 1. The van der Waals surface area contributed by atoms with Gasteiger partial charge in [-0.15, -0.1) is 0 Å². The lowest BCUT2D eigenvalue weighted by atomic mass is 9.82. The molecule has 2 amide bonds. The molecule has 4 nitrogen and oxygen atoms in total. The maximum Gasteiger partial charge on any atom is 0.232 e. The highest BCUT2D eigenvalue weighted by Gasteiger charge is 2.44. The van der Waals surface area contributed by atoms with Gasteiger partial charge >= 0.3 is 0 Å². The third-order valence-corrected chi connectivity index (χ3v) is 4.39. The lowest BCUT2D eigenvalue weighted by molar-refractivity contribution is -0.142. The van der Waals surface area contributed by atoms with Crippen molar-refractivity contribution in [2.45, 2.75) is 40.5 Å². The van der Waals surface area contributed by atoms with Crippen molar-refractivity contribution in [2.24, 2.45) is 17.3 Å². The zero-order valence-electron chi connectivity index (χ0n) is 11.2. The summed E-state index contributed by atoms with van der Waals surface area (Å²) in [6, 6.07) is 0. The van der Waals surface area contributed by atoms with Crippen LogP contribution in [0.4, 0.5) is 0 Å². The molecule has 0 aromatic heterocycles. The first-order valence-corrected chi connectivity index (χ1v) is 6.38. The zero-order valence-corrected chi connectivity index (χ0v) is 11.2. The first-order valence-electron chi connectivity index (χ1n) is 6.38. The molecule has 1 rings (SSSR count). The maximum atomic E-state index is 12.0. The Morgan fingerprint density at radius 3 is 1.82 bits per heavy atom. The smallest absolute Gasteiger partial charge is 0.232 e. The Kier molecular flexibility index (Phi) is 4.31. The highest BCUT2D eigenvalue weighted by molar-refractivity contribution is 6.04. The molecule has 0 aromatic rings. The minimum absolute atomic E-state index is 0.0137. The number of likely N-dealkylation sites (tertiary alicyclic amines) is 1. The third kappa shape index (κ3) is 2.37. The van der Waals surface area contributed by atoms with E-state index in [1.54, 1.807) is 13.8 Å². The van der Waals surface area contributed by atoms with Gasteiger partial charge in [-0.3, -0.25) is 14.5 Å². The number of rotatable bonds is 5. The van der Waals surface area contributed by atoms with Crippen LogP contribution in [0.3, 0.4) is 0 Å². The second-order valence-electron chi connectivity index (χ2n) is 5.21. The van der Waals surface area contributed by atoms with E-state index in [9.17, 15) is 14.7 Å². The first-order chi connectivity index (χ1) is 7.92. The lowest BCUT2D eigenvalue weighted by Gasteiger charge is -2.33. The molecule has 1 heterocycles. The monoisotopic (exact) mass is 241 g/mol. The summed E-state index contributed by atoms with van der Waals surface area (Å²) in [5.74, 6) is -0.648. The Bertz CT molecular complexity index is 282. The second-order valence-corrected chi connectivity index (χ2v) is 5.21. The summed E-state index contributed by atoms with van der Waals surface area (Å²) in [6.07, 6.45) is 1.53. The van der Waals surface area contributed by atoms with Crippen molar-refractivity contribution in [3.8, 4) is 0 Å². The molecule has 2 unspecified atom stereocenters. The zero-order chi connectivity index (χ0) is 13.2. The number of carbonyl (C=O) groups is 2. The van der Waals surface area contributed by atoms with Gasteiger partial charge in [0.25, 0.3) is 0 Å². The van der Waals surface area contributed by atoms with Gasteiger partial charge in [-0.05, 0) is 12.8 Å². The molecule has 1 aliphatic heterocycles. The average Bonchev–Trinajstić information content (AvgIpc) is 2.53. The van der Waals surface area contributed by atoms with Crippen LogP contribution in [-0.4, -0.2) is 35.0 Å². The predicted octanol–water partition coefficient (Wildman–Crippen LogP) is 1.43. The SMILES string of the molecule is CCC(CC)(CO)CN1C(=O)C(C)C(C)C1=O. The lowest BCUT2D eigenvalue weighted by Crippen LogP contribution is -2.43. The van der Waals surface area contributed by atoms with Gasteiger partial charge in [0.05, 0.1) is 6.61 Å². The van der Waals surface area contributed by atoms with Crippen LogP contribution in [-0.2, 0) is 9.59 Å². The van der Waals surface area contributed by atoms with Crippen LogP contribution in [0, 0.1) is 17.3 Å². The maximum absolute atomic E-state index is 12.0. The molecule has 98 valence electrons. The molecule has 1 saturated heterocycles. The molecular weight excluding hydrogens is 218 g/mol. The van der Waals surface area contributed by atoms with Gasteiger partial charge in [-0.25, -0.2) is 0 Å². The average molecular weight is 241 g/mol. The van der Waals surface area contributed by atoms with Gasteiger partial charge in [0.15, 0.2) is 0 Å². The number of hydrogen-bond acceptors (Lipinski definition) is 3. The topological polar surface area (TPSA) is 57.6 Å². The van der Waals surface area contributed by atoms with Crippen LogP contribution < -0.4 is 0 Å². The van der Waals surface area contributed by atoms with Crippen LogP contribution in [0.1, 0.15) is 40.5 Å². The van der Waals surface area contributed by atoms with E-state index < -0.39 is 0 Å². The van der Waals surface area contributed by atoms with Crippen molar-refractivity contribution in [2.75, 3.05) is 13.2 Å². The molecule has 1 aliphatic rings. The van der Waals surface area contributed by atoms with Gasteiger partial charge < -0.3 is 5.11 Å². The number of aliphatic hydroxyl groups is 1. The van der Waals surface area contributed by atoms with E-state index >= 15 is 0 Å². The molecule has 0 aliphatic carbocycles. The Labute approximate surface area is 103 Å². The molecule has 17 heavy (non-hydrogen) atoms. The van der Waals surface area contributed by atoms with E-state index in [-0.39, 0.29) is 35.7 Å². The molecule has 4 heteroatoms. The van der Waals surface area contributed by atoms with Gasteiger partial charge in [0.1, 0.15) is 0 Å². The highest BCUT2D eigenvalue weighted by Crippen LogP contribution is 2.32. The number of amides is 2. The fraction of sp³-hybridized carbons (Fsp3) is 0.846. The van der Waals surface area contributed by atoms with Crippen molar-refractivity contribution in [3.63, 3.8) is 0 Å². The minimum atomic E-state index is -0.338. The number of imide groups is 1. The number of aliphatic hydroxyl groups excluding tert-OH is 1. The van der Waals surface area contributed by atoms with Crippen LogP contribution in [0.5, 0.6) is 0 Å². The van der Waals surface area contributed by atoms with Gasteiger partial charge in [-0.2, -0.15) is 0 Å². The Morgan fingerprint density at radius 2 is 1.53 bits per heavy atom. The van der Waals surface area contributed by atoms with Crippen molar-refractivity contribution in [1.29, 1.82) is 0 Å². The summed E-state index contributed by atoms with van der Waals surface area (Å²) >= 11 is 0. The highest BCUT2D eigenvalue weighted by atomic mass is 16.3. The first kappa shape index (κ1) is 14.2. The Balaban J connectivity index is 2.88. The minimum Gasteiger partial charge on any atom is -0.396 e. The van der Waals surface area contributed by atoms with Crippen LogP contribution in [0.2, 0.25) is 0 Å². The predicted molar refractivity (Wildman–Crippen MR) is 65.1 cm³/mol. The van der Waals surface area contributed by atoms with E-state index in [1.165, 1.54) is 4.90 Å². The number of carbonyl (C=O) groups excluding carboxylic acids is 2. The van der Waals surface area contributed by atoms with Crippen molar-refractivity contribution in [1.82, 2.24) is 4.90 Å². The molecule has 1 fully saturated rings. The van der Waals surface area contributed by atoms with Crippen molar-refractivity contribution < 1.29 is 14.7 Å². The summed E-state index contributed by atoms with van der Waals surface area (Å²) in [5, 5.41) is 9.49. The third-order valence-electron chi connectivity index (χ3n) is 4.39. The van der Waals surface area contributed by atoms with Crippen LogP contribution in [0.15, 0.2) is 0 Å². The summed E-state index contributed by atoms with van der Waals surface area (Å²) in [4.78, 5) is 25.3. The molecule has 0 radical (unpaired) electrons. The Hall–Kier alpha value is -0.900. The summed E-state index contributed by atoms with van der Waals surface area (Å²) in [7, 11) is 0. The van der Waals surface area contributed by atoms with E-state index in [0.717, 1.165) is 12.8 Å². The van der Waals surface area contributed by atoms with Crippen LogP contribution in [0.25, 0.3) is 0 Å². The number of nitrogens with zero attached hydrogens (tertiary/aromatic N) is 1. The van der Waals surface area contributed by atoms with E-state index in [2.05, 4.69) is 0 Å². The molecule has 1 N–H and O–H groups in total. The Morgan fingerprint density at radius 1 is 1.12 bits per heavy atom. The van der Waals surface area contributed by atoms with Crippen LogP contribution >= 0.6 is 0 Å². The summed E-state index contributed by atoms with van der Waals surface area (Å²) in [5.41, 5.74) is -0.338. The second kappa shape index (κ2) is 5.17. The quantitative estimate of drug-likeness (QED) is 0.741. The molecule has 0 spiro atoms. The molecular formula is C13H23NO3. The van der Waals surface area contributed by atoms with Gasteiger partial charge in [0, 0.05) is 23.8 Å². The largest absolute Gasteiger partial charge is 0.396 e. The van der Waals surface area contributed by atoms with E-state index in [4.69, 9.17) is 0 Å². The van der Waals surface area contributed by atoms with Crippen molar-refractivity contribution in [3.05, 3.63) is 0 Å². The van der Waals surface area contributed by atoms with E-state index in [0.29, 0.717) is 6.54 Å². The molecule has 0 saturated carbocycles. The molecule has 0 bridgehead atoms. The normalized spacial score (nSPS) is 25.8.